The zero-order valence-corrected chi connectivity index (χ0v) is 12.2. The molecule has 0 aliphatic carbocycles. The van der Waals surface area contributed by atoms with E-state index < -0.39 is 10.2 Å². The normalized spacial score (nSPS) is 21.5. The Morgan fingerprint density at radius 2 is 2.32 bits per heavy atom. The number of rotatable bonds is 5. The van der Waals surface area contributed by atoms with Crippen LogP contribution >= 0.6 is 0 Å². The molecule has 8 heteroatoms. The van der Waals surface area contributed by atoms with E-state index in [0.717, 1.165) is 19.4 Å². The van der Waals surface area contributed by atoms with E-state index in [-0.39, 0.29) is 0 Å². The van der Waals surface area contributed by atoms with Gasteiger partial charge in [-0.3, -0.25) is 9.40 Å². The van der Waals surface area contributed by atoms with Crippen molar-refractivity contribution in [3.05, 3.63) is 12.4 Å². The summed E-state index contributed by atoms with van der Waals surface area (Å²) in [6, 6.07) is 0. The van der Waals surface area contributed by atoms with E-state index in [2.05, 4.69) is 15.1 Å². The summed E-state index contributed by atoms with van der Waals surface area (Å²) in [5, 5.41) is 7.06. The molecule has 0 saturated carbocycles. The van der Waals surface area contributed by atoms with Gasteiger partial charge in [0.1, 0.15) is 0 Å². The maximum absolute atomic E-state index is 12.3. The third kappa shape index (κ3) is 3.68. The first kappa shape index (κ1) is 14.3. The van der Waals surface area contributed by atoms with Gasteiger partial charge in [-0.05, 0) is 32.4 Å². The lowest BCUT2D eigenvalue weighted by atomic mass is 10.00. The molecule has 0 aromatic carbocycles. The predicted octanol–water partition coefficient (Wildman–Crippen LogP) is 0.00820. The Bertz CT molecular complexity index is 511. The van der Waals surface area contributed by atoms with Crippen LogP contribution in [0.2, 0.25) is 0 Å². The molecule has 0 bridgehead atoms. The largest absolute Gasteiger partial charge is 0.319 e. The molecule has 0 radical (unpaired) electrons. The molecular formula is C11H21N5O2S. The van der Waals surface area contributed by atoms with Gasteiger partial charge in [-0.1, -0.05) is 0 Å². The number of nitrogens with one attached hydrogen (secondary N) is 2. The summed E-state index contributed by atoms with van der Waals surface area (Å²) in [5.41, 5.74) is 0.498. The lowest BCUT2D eigenvalue weighted by Crippen LogP contribution is -2.44. The lowest BCUT2D eigenvalue weighted by Gasteiger charge is -2.31. The van der Waals surface area contributed by atoms with Crippen LogP contribution in [0, 0.1) is 5.92 Å². The molecule has 0 amide bonds. The molecule has 2 rings (SSSR count). The van der Waals surface area contributed by atoms with Crippen molar-refractivity contribution in [3.63, 3.8) is 0 Å². The second-order valence-electron chi connectivity index (χ2n) is 4.93. The first-order valence-electron chi connectivity index (χ1n) is 6.42. The van der Waals surface area contributed by atoms with Gasteiger partial charge in [0.25, 0.3) is 0 Å². The van der Waals surface area contributed by atoms with Gasteiger partial charge in [-0.25, -0.2) is 0 Å². The van der Waals surface area contributed by atoms with E-state index in [1.807, 2.05) is 7.05 Å². The number of hydrogen-bond donors (Lipinski definition) is 2. The van der Waals surface area contributed by atoms with Crippen molar-refractivity contribution < 1.29 is 8.42 Å². The van der Waals surface area contributed by atoms with Gasteiger partial charge in [-0.2, -0.15) is 17.8 Å². The maximum Gasteiger partial charge on any atom is 0.301 e. The van der Waals surface area contributed by atoms with Crippen molar-refractivity contribution in [3.8, 4) is 0 Å². The van der Waals surface area contributed by atoms with Crippen LogP contribution in [0.4, 0.5) is 5.69 Å². The van der Waals surface area contributed by atoms with Gasteiger partial charge < -0.3 is 5.32 Å². The first-order chi connectivity index (χ1) is 9.01. The third-order valence-corrected chi connectivity index (χ3v) is 4.77. The van der Waals surface area contributed by atoms with Crippen LogP contribution in [0.25, 0.3) is 0 Å². The van der Waals surface area contributed by atoms with Crippen LogP contribution in [-0.2, 0) is 17.3 Å². The summed E-state index contributed by atoms with van der Waals surface area (Å²) >= 11 is 0. The molecule has 108 valence electrons. The average Bonchev–Trinajstić information content (AvgIpc) is 2.75. The topological polar surface area (TPSA) is 79.3 Å². The fourth-order valence-corrected chi connectivity index (χ4v) is 3.70. The summed E-state index contributed by atoms with van der Waals surface area (Å²) in [5.74, 6) is 0.379. The average molecular weight is 287 g/mol. The van der Waals surface area contributed by atoms with Crippen LogP contribution in [0.3, 0.4) is 0 Å². The van der Waals surface area contributed by atoms with E-state index in [1.165, 1.54) is 10.5 Å². The Kier molecular flexibility index (Phi) is 4.43. The van der Waals surface area contributed by atoms with Gasteiger partial charge in [0.2, 0.25) is 0 Å². The summed E-state index contributed by atoms with van der Waals surface area (Å²) in [6.07, 6.45) is 5.12. The molecule has 1 saturated heterocycles. The predicted molar refractivity (Wildman–Crippen MR) is 74.0 cm³/mol. The van der Waals surface area contributed by atoms with Crippen LogP contribution in [-0.4, -0.2) is 49.2 Å². The van der Waals surface area contributed by atoms with E-state index >= 15 is 0 Å². The maximum atomic E-state index is 12.3. The van der Waals surface area contributed by atoms with E-state index in [0.29, 0.717) is 24.7 Å². The molecule has 2 heterocycles. The molecule has 1 aromatic rings. The minimum Gasteiger partial charge on any atom is -0.319 e. The summed E-state index contributed by atoms with van der Waals surface area (Å²) in [6.45, 7) is 1.99. The zero-order valence-electron chi connectivity index (χ0n) is 11.3. The summed E-state index contributed by atoms with van der Waals surface area (Å²) < 4.78 is 30.2. The molecule has 1 fully saturated rings. The van der Waals surface area contributed by atoms with Crippen LogP contribution in [0.1, 0.15) is 12.8 Å². The van der Waals surface area contributed by atoms with Crippen LogP contribution < -0.4 is 10.0 Å². The number of nitrogens with zero attached hydrogens (tertiary/aromatic N) is 3. The summed E-state index contributed by atoms with van der Waals surface area (Å²) in [7, 11) is 0.170. The highest BCUT2D eigenvalue weighted by Gasteiger charge is 2.28. The molecule has 1 aliphatic rings. The van der Waals surface area contributed by atoms with Gasteiger partial charge in [0, 0.05) is 26.3 Å². The number of aryl methyl sites for hydroxylation is 1. The zero-order chi connectivity index (χ0) is 13.9. The highest BCUT2D eigenvalue weighted by molar-refractivity contribution is 7.90. The Hall–Kier alpha value is -1.12. The first-order valence-corrected chi connectivity index (χ1v) is 7.86. The van der Waals surface area contributed by atoms with Crippen molar-refractivity contribution in [1.29, 1.82) is 0 Å². The molecular weight excluding hydrogens is 266 g/mol. The molecule has 19 heavy (non-hydrogen) atoms. The fraction of sp³-hybridized carbons (Fsp3) is 0.727. The van der Waals surface area contributed by atoms with Gasteiger partial charge in [-0.15, -0.1) is 0 Å². The monoisotopic (exact) mass is 287 g/mol. The molecule has 1 aromatic heterocycles. The molecule has 2 N–H and O–H groups in total. The third-order valence-electron chi connectivity index (χ3n) is 3.27. The number of piperidine rings is 1. The second-order valence-corrected chi connectivity index (χ2v) is 6.60. The van der Waals surface area contributed by atoms with Crippen molar-refractivity contribution >= 4 is 15.9 Å². The quantitative estimate of drug-likeness (QED) is 0.799. The SMILES string of the molecule is CNCC1CCCN(S(=O)(=O)Nc2cnn(C)c2)C1. The van der Waals surface area contributed by atoms with E-state index in [1.54, 1.807) is 17.9 Å². The van der Waals surface area contributed by atoms with Crippen LogP contribution in [0.15, 0.2) is 12.4 Å². The lowest BCUT2D eigenvalue weighted by molar-refractivity contribution is 0.264. The van der Waals surface area contributed by atoms with E-state index in [4.69, 9.17) is 0 Å². The van der Waals surface area contributed by atoms with Crippen molar-refractivity contribution in [1.82, 2.24) is 19.4 Å². The molecule has 1 unspecified atom stereocenters. The number of hydrogen-bond acceptors (Lipinski definition) is 4. The Morgan fingerprint density at radius 3 is 2.95 bits per heavy atom. The molecule has 1 atom stereocenters. The number of anilines is 1. The minimum atomic E-state index is -3.47. The second kappa shape index (κ2) is 5.89. The smallest absolute Gasteiger partial charge is 0.301 e. The van der Waals surface area contributed by atoms with Crippen molar-refractivity contribution in [2.45, 2.75) is 12.8 Å². The van der Waals surface area contributed by atoms with Crippen LogP contribution in [0.5, 0.6) is 0 Å². The highest BCUT2D eigenvalue weighted by atomic mass is 32.2. The van der Waals surface area contributed by atoms with Crippen molar-refractivity contribution in [2.24, 2.45) is 13.0 Å². The van der Waals surface area contributed by atoms with Gasteiger partial charge >= 0.3 is 10.2 Å². The Labute approximate surface area is 114 Å². The standard InChI is InChI=1S/C11H21N5O2S/c1-12-6-10-4-3-5-16(8-10)19(17,18)14-11-7-13-15(2)9-11/h7,9-10,12,14H,3-6,8H2,1-2H3. The Balaban J connectivity index is 2.02. The van der Waals surface area contributed by atoms with Gasteiger partial charge in [0.05, 0.1) is 11.9 Å². The Morgan fingerprint density at radius 1 is 1.53 bits per heavy atom. The molecule has 7 nitrogen and oxygen atoms in total. The molecule has 0 spiro atoms. The summed E-state index contributed by atoms with van der Waals surface area (Å²) in [4.78, 5) is 0. The van der Waals surface area contributed by atoms with Gasteiger partial charge in [0.15, 0.2) is 0 Å². The molecule has 1 aliphatic heterocycles. The fourth-order valence-electron chi connectivity index (χ4n) is 2.39. The minimum absolute atomic E-state index is 0.379. The number of aromatic nitrogens is 2. The van der Waals surface area contributed by atoms with E-state index in [9.17, 15) is 8.42 Å². The van der Waals surface area contributed by atoms with Crippen molar-refractivity contribution in [2.75, 3.05) is 31.4 Å². The highest BCUT2D eigenvalue weighted by Crippen LogP contribution is 2.20.